The zero-order chi connectivity index (χ0) is 15.2. The van der Waals surface area contributed by atoms with E-state index in [9.17, 15) is 14.9 Å². The fourth-order valence-corrected chi connectivity index (χ4v) is 2.80. The quantitative estimate of drug-likeness (QED) is 0.663. The maximum Gasteiger partial charge on any atom is 0.287 e. The predicted octanol–water partition coefficient (Wildman–Crippen LogP) is 3.60. The van der Waals surface area contributed by atoms with Gasteiger partial charge in [0.2, 0.25) is 5.91 Å². The van der Waals surface area contributed by atoms with Crippen molar-refractivity contribution in [1.82, 2.24) is 4.98 Å². The van der Waals surface area contributed by atoms with E-state index in [1.165, 1.54) is 44.4 Å². The van der Waals surface area contributed by atoms with Gasteiger partial charge in [0, 0.05) is 12.5 Å². The predicted molar refractivity (Wildman–Crippen MR) is 80.1 cm³/mol. The Bertz CT molecular complexity index is 525. The lowest BCUT2D eigenvalue weighted by Gasteiger charge is -2.21. The largest absolute Gasteiger partial charge is 0.310 e. The first-order valence-corrected chi connectivity index (χ1v) is 7.47. The van der Waals surface area contributed by atoms with E-state index in [-0.39, 0.29) is 11.6 Å². The minimum atomic E-state index is -0.491. The van der Waals surface area contributed by atoms with Gasteiger partial charge >= 0.3 is 0 Å². The van der Waals surface area contributed by atoms with E-state index in [1.54, 1.807) is 6.92 Å². The molecule has 6 nitrogen and oxygen atoms in total. The van der Waals surface area contributed by atoms with Crippen LogP contribution in [0.5, 0.6) is 0 Å². The Labute approximate surface area is 124 Å². The fraction of sp³-hybridized carbons (Fsp3) is 0.600. The minimum Gasteiger partial charge on any atom is -0.310 e. The van der Waals surface area contributed by atoms with Gasteiger partial charge in [-0.2, -0.15) is 0 Å². The molecule has 0 aromatic carbocycles. The summed E-state index contributed by atoms with van der Waals surface area (Å²) in [5.74, 6) is 1.01. The first-order valence-electron chi connectivity index (χ1n) is 7.47. The summed E-state index contributed by atoms with van der Waals surface area (Å²) >= 11 is 0. The molecule has 0 spiro atoms. The number of pyridine rings is 1. The van der Waals surface area contributed by atoms with E-state index in [2.05, 4.69) is 10.3 Å². The van der Waals surface area contributed by atoms with Crippen LogP contribution in [0.2, 0.25) is 0 Å². The average Bonchev–Trinajstić information content (AvgIpc) is 2.48. The highest BCUT2D eigenvalue weighted by atomic mass is 16.6. The standard InChI is InChI=1S/C15H21N3O3/c1-11-9-13(18(20)21)10-16-15(11)17-14(19)8-7-12-5-3-2-4-6-12/h9-10,12H,2-8H2,1H3,(H,16,17,19). The van der Waals surface area contributed by atoms with Crippen molar-refractivity contribution in [2.75, 3.05) is 5.32 Å². The molecule has 1 aliphatic carbocycles. The van der Waals surface area contributed by atoms with Crippen molar-refractivity contribution in [3.63, 3.8) is 0 Å². The average molecular weight is 291 g/mol. The molecule has 1 heterocycles. The maximum absolute atomic E-state index is 11.9. The molecule has 1 fully saturated rings. The Morgan fingerprint density at radius 2 is 2.14 bits per heavy atom. The van der Waals surface area contributed by atoms with Gasteiger partial charge in [0.25, 0.3) is 5.69 Å². The topological polar surface area (TPSA) is 85.1 Å². The number of nitrogens with one attached hydrogen (secondary N) is 1. The number of hydrogen-bond donors (Lipinski definition) is 1. The number of hydrogen-bond acceptors (Lipinski definition) is 4. The molecule has 2 rings (SSSR count). The van der Waals surface area contributed by atoms with Crippen molar-refractivity contribution >= 4 is 17.4 Å². The molecule has 0 unspecified atom stereocenters. The summed E-state index contributed by atoms with van der Waals surface area (Å²) in [7, 11) is 0. The number of carbonyl (C=O) groups excluding carboxylic acids is 1. The molecule has 1 aromatic heterocycles. The molecule has 114 valence electrons. The molecular weight excluding hydrogens is 270 g/mol. The summed E-state index contributed by atoms with van der Waals surface area (Å²) in [5.41, 5.74) is 0.544. The molecule has 0 saturated heterocycles. The van der Waals surface area contributed by atoms with Gasteiger partial charge in [0.05, 0.1) is 4.92 Å². The third-order valence-electron chi connectivity index (χ3n) is 4.04. The molecule has 0 radical (unpaired) electrons. The van der Waals surface area contributed by atoms with Crippen molar-refractivity contribution in [3.05, 3.63) is 27.9 Å². The van der Waals surface area contributed by atoms with Gasteiger partial charge in [0.15, 0.2) is 0 Å². The first kappa shape index (κ1) is 15.4. The van der Waals surface area contributed by atoms with Crippen LogP contribution >= 0.6 is 0 Å². The monoisotopic (exact) mass is 291 g/mol. The van der Waals surface area contributed by atoms with Crippen LogP contribution in [0, 0.1) is 23.0 Å². The molecule has 1 aromatic rings. The number of anilines is 1. The first-order chi connectivity index (χ1) is 10.1. The molecule has 21 heavy (non-hydrogen) atoms. The van der Waals surface area contributed by atoms with Crippen LogP contribution in [-0.4, -0.2) is 15.8 Å². The van der Waals surface area contributed by atoms with Crippen molar-refractivity contribution in [3.8, 4) is 0 Å². The molecule has 0 bridgehead atoms. The third kappa shape index (κ3) is 4.51. The number of amides is 1. The number of aromatic nitrogens is 1. The fourth-order valence-electron chi connectivity index (χ4n) is 2.80. The second-order valence-electron chi connectivity index (χ2n) is 5.71. The van der Waals surface area contributed by atoms with E-state index in [0.29, 0.717) is 23.7 Å². The van der Waals surface area contributed by atoms with Crippen LogP contribution in [0.15, 0.2) is 12.3 Å². The number of aryl methyl sites for hydroxylation is 1. The molecular formula is C15H21N3O3. The second kappa shape index (κ2) is 7.15. The lowest BCUT2D eigenvalue weighted by Crippen LogP contribution is -2.16. The van der Waals surface area contributed by atoms with Gasteiger partial charge in [-0.25, -0.2) is 4.98 Å². The Morgan fingerprint density at radius 1 is 1.43 bits per heavy atom. The third-order valence-corrected chi connectivity index (χ3v) is 4.04. The summed E-state index contributed by atoms with van der Waals surface area (Å²) in [5, 5.41) is 13.4. The molecule has 1 aliphatic rings. The second-order valence-corrected chi connectivity index (χ2v) is 5.71. The lowest BCUT2D eigenvalue weighted by molar-refractivity contribution is -0.385. The van der Waals surface area contributed by atoms with Crippen LogP contribution in [0.25, 0.3) is 0 Å². The van der Waals surface area contributed by atoms with E-state index in [1.807, 2.05) is 0 Å². The van der Waals surface area contributed by atoms with Crippen LogP contribution in [-0.2, 0) is 4.79 Å². The van der Waals surface area contributed by atoms with Crippen LogP contribution in [0.3, 0.4) is 0 Å². The zero-order valence-corrected chi connectivity index (χ0v) is 12.3. The number of nitrogens with zero attached hydrogens (tertiary/aromatic N) is 2. The zero-order valence-electron chi connectivity index (χ0n) is 12.3. The van der Waals surface area contributed by atoms with Gasteiger partial charge < -0.3 is 5.32 Å². The summed E-state index contributed by atoms with van der Waals surface area (Å²) in [6, 6.07) is 1.42. The highest BCUT2D eigenvalue weighted by Gasteiger charge is 2.16. The van der Waals surface area contributed by atoms with E-state index >= 15 is 0 Å². The summed E-state index contributed by atoms with van der Waals surface area (Å²) in [6.45, 7) is 1.71. The molecule has 6 heteroatoms. The van der Waals surface area contributed by atoms with Crippen molar-refractivity contribution in [2.24, 2.45) is 5.92 Å². The number of carbonyl (C=O) groups is 1. The highest BCUT2D eigenvalue weighted by molar-refractivity contribution is 5.90. The Hall–Kier alpha value is -1.98. The molecule has 0 atom stereocenters. The molecule has 1 saturated carbocycles. The Morgan fingerprint density at radius 3 is 2.76 bits per heavy atom. The van der Waals surface area contributed by atoms with Gasteiger partial charge in [-0.1, -0.05) is 32.1 Å². The Balaban J connectivity index is 1.85. The van der Waals surface area contributed by atoms with E-state index in [4.69, 9.17) is 0 Å². The van der Waals surface area contributed by atoms with Gasteiger partial charge in [-0.15, -0.1) is 0 Å². The van der Waals surface area contributed by atoms with Gasteiger partial charge in [-0.3, -0.25) is 14.9 Å². The molecule has 1 N–H and O–H groups in total. The molecule has 0 aliphatic heterocycles. The smallest absolute Gasteiger partial charge is 0.287 e. The Kier molecular flexibility index (Phi) is 5.25. The lowest BCUT2D eigenvalue weighted by atomic mass is 9.86. The highest BCUT2D eigenvalue weighted by Crippen LogP contribution is 2.27. The maximum atomic E-state index is 11.9. The normalized spacial score (nSPS) is 15.7. The van der Waals surface area contributed by atoms with Gasteiger partial charge in [0.1, 0.15) is 12.0 Å². The van der Waals surface area contributed by atoms with Crippen LogP contribution in [0.4, 0.5) is 11.5 Å². The number of rotatable bonds is 5. The van der Waals surface area contributed by atoms with Crippen molar-refractivity contribution in [2.45, 2.75) is 51.9 Å². The SMILES string of the molecule is Cc1cc([N+](=O)[O-])cnc1NC(=O)CCC1CCCCC1. The number of nitro groups is 1. The van der Waals surface area contributed by atoms with Gasteiger partial charge in [-0.05, 0) is 24.8 Å². The minimum absolute atomic E-state index is 0.0623. The summed E-state index contributed by atoms with van der Waals surface area (Å²) in [4.78, 5) is 26.1. The summed E-state index contributed by atoms with van der Waals surface area (Å²) in [6.07, 6.45) is 8.88. The van der Waals surface area contributed by atoms with E-state index < -0.39 is 4.92 Å². The molecule has 1 amide bonds. The van der Waals surface area contributed by atoms with Crippen LogP contribution in [0.1, 0.15) is 50.5 Å². The van der Waals surface area contributed by atoms with Crippen molar-refractivity contribution < 1.29 is 9.72 Å². The van der Waals surface area contributed by atoms with E-state index in [0.717, 1.165) is 6.42 Å². The van der Waals surface area contributed by atoms with Crippen molar-refractivity contribution in [1.29, 1.82) is 0 Å². The van der Waals surface area contributed by atoms with Crippen LogP contribution < -0.4 is 5.32 Å². The summed E-state index contributed by atoms with van der Waals surface area (Å²) < 4.78 is 0.